The van der Waals surface area contributed by atoms with Gasteiger partial charge in [0.25, 0.3) is 0 Å². The van der Waals surface area contributed by atoms with Crippen LogP contribution in [0.5, 0.6) is 0 Å². The molecule has 1 aromatic carbocycles. The number of halogens is 1. The second-order valence-electron chi connectivity index (χ2n) is 4.18. The van der Waals surface area contributed by atoms with E-state index in [1.807, 2.05) is 6.26 Å². The van der Waals surface area contributed by atoms with Crippen LogP contribution in [0, 0.1) is 0 Å². The first-order chi connectivity index (χ1) is 9.48. The molecule has 0 amide bonds. The molecule has 0 bridgehead atoms. The lowest BCUT2D eigenvalue weighted by Crippen LogP contribution is -2.45. The molecule has 110 valence electrons. The van der Waals surface area contributed by atoms with Crippen LogP contribution in [-0.4, -0.2) is 35.7 Å². The van der Waals surface area contributed by atoms with E-state index in [1.54, 1.807) is 25.1 Å². The molecule has 1 unspecified atom stereocenters. The largest absolute Gasteiger partial charge is 0.480 e. The summed E-state index contributed by atoms with van der Waals surface area (Å²) in [5.74, 6) is -1.44. The summed E-state index contributed by atoms with van der Waals surface area (Å²) in [7, 11) is 0. The van der Waals surface area contributed by atoms with Gasteiger partial charge in [0.05, 0.1) is 6.61 Å². The quantitative estimate of drug-likeness (QED) is 0.619. The molecule has 0 saturated carbocycles. The topological polar surface area (TPSA) is 63.6 Å². The number of benzene rings is 1. The number of hydrogen-bond donors (Lipinski definition) is 1. The Hall–Kier alpha value is -1.20. The minimum absolute atomic E-state index is 0.133. The summed E-state index contributed by atoms with van der Waals surface area (Å²) in [6, 6.07) is 6.37. The first-order valence-electron chi connectivity index (χ1n) is 6.14. The van der Waals surface area contributed by atoms with Crippen LogP contribution in [0.4, 0.5) is 0 Å². The summed E-state index contributed by atoms with van der Waals surface area (Å²) in [4.78, 5) is 24.1. The molecule has 4 nitrogen and oxygen atoms in total. The summed E-state index contributed by atoms with van der Waals surface area (Å²) < 4.78 is 4.99. The highest BCUT2D eigenvalue weighted by molar-refractivity contribution is 7.98. The molecule has 0 radical (unpaired) electrons. The maximum absolute atomic E-state index is 12.3. The van der Waals surface area contributed by atoms with Gasteiger partial charge in [-0.25, -0.2) is 0 Å². The van der Waals surface area contributed by atoms with Crippen LogP contribution in [0.1, 0.15) is 18.9 Å². The summed E-state index contributed by atoms with van der Waals surface area (Å²) in [6.45, 7) is 1.78. The lowest BCUT2D eigenvalue weighted by Gasteiger charge is -2.27. The Morgan fingerprint density at radius 2 is 2.15 bits per heavy atom. The SMILES string of the molecule is CCOC(=O)C(CCSC)(C(=O)O)c1cccc(Cl)c1. The Labute approximate surface area is 127 Å². The number of thioether (sulfide) groups is 1. The van der Waals surface area contributed by atoms with E-state index in [9.17, 15) is 14.7 Å². The number of aliphatic carboxylic acids is 1. The van der Waals surface area contributed by atoms with Crippen LogP contribution in [0.3, 0.4) is 0 Å². The molecule has 6 heteroatoms. The van der Waals surface area contributed by atoms with E-state index in [0.717, 1.165) is 0 Å². The number of carbonyl (C=O) groups is 2. The van der Waals surface area contributed by atoms with Gasteiger partial charge in [0.15, 0.2) is 5.41 Å². The Morgan fingerprint density at radius 1 is 1.45 bits per heavy atom. The molecular formula is C14H17ClO4S. The summed E-state index contributed by atoms with van der Waals surface area (Å²) in [6.07, 6.45) is 2.01. The van der Waals surface area contributed by atoms with Gasteiger partial charge in [0.2, 0.25) is 0 Å². The molecule has 20 heavy (non-hydrogen) atoms. The normalized spacial score (nSPS) is 13.6. The van der Waals surface area contributed by atoms with Crippen molar-refractivity contribution in [3.05, 3.63) is 34.9 Å². The van der Waals surface area contributed by atoms with Crippen molar-refractivity contribution < 1.29 is 19.4 Å². The summed E-state index contributed by atoms with van der Waals surface area (Å²) in [5.41, 5.74) is -1.35. The highest BCUT2D eigenvalue weighted by atomic mass is 35.5. The molecule has 1 N–H and O–H groups in total. The Balaban J connectivity index is 3.36. The number of rotatable bonds is 7. The standard InChI is InChI=1S/C14H17ClO4S/c1-3-19-13(18)14(12(16)17,7-8-20-2)10-5-4-6-11(15)9-10/h4-6,9H,3,7-8H2,1-2H3,(H,16,17). The molecule has 0 aliphatic rings. The van der Waals surface area contributed by atoms with Gasteiger partial charge in [-0.1, -0.05) is 23.7 Å². The van der Waals surface area contributed by atoms with Crippen LogP contribution < -0.4 is 0 Å². The van der Waals surface area contributed by atoms with Crippen molar-refractivity contribution in [3.63, 3.8) is 0 Å². The molecule has 1 atom stereocenters. The van der Waals surface area contributed by atoms with Crippen LogP contribution >= 0.6 is 23.4 Å². The predicted octanol–water partition coefficient (Wildman–Crippen LogP) is 2.98. The Kier molecular flexibility index (Phi) is 6.36. The fraction of sp³-hybridized carbons (Fsp3) is 0.429. The van der Waals surface area contributed by atoms with Gasteiger partial charge >= 0.3 is 11.9 Å². The lowest BCUT2D eigenvalue weighted by molar-refractivity contribution is -0.161. The molecular weight excluding hydrogens is 300 g/mol. The Morgan fingerprint density at radius 3 is 2.65 bits per heavy atom. The van der Waals surface area contributed by atoms with E-state index in [0.29, 0.717) is 16.3 Å². The zero-order chi connectivity index (χ0) is 15.2. The minimum atomic E-state index is -1.70. The van der Waals surface area contributed by atoms with Crippen molar-refractivity contribution in [1.82, 2.24) is 0 Å². The van der Waals surface area contributed by atoms with E-state index in [1.165, 1.54) is 17.8 Å². The molecule has 1 aromatic rings. The lowest BCUT2D eigenvalue weighted by atomic mass is 9.78. The van der Waals surface area contributed by atoms with Crippen molar-refractivity contribution in [2.75, 3.05) is 18.6 Å². The third kappa shape index (κ3) is 3.46. The molecule has 1 rings (SSSR count). The first kappa shape index (κ1) is 16.9. The van der Waals surface area contributed by atoms with Crippen molar-refractivity contribution in [2.45, 2.75) is 18.8 Å². The fourth-order valence-electron chi connectivity index (χ4n) is 1.95. The second-order valence-corrected chi connectivity index (χ2v) is 5.61. The number of esters is 1. The van der Waals surface area contributed by atoms with E-state index in [-0.39, 0.29) is 13.0 Å². The van der Waals surface area contributed by atoms with Crippen molar-refractivity contribution in [1.29, 1.82) is 0 Å². The molecule has 0 aliphatic heterocycles. The zero-order valence-electron chi connectivity index (χ0n) is 11.4. The highest BCUT2D eigenvalue weighted by Gasteiger charge is 2.49. The van der Waals surface area contributed by atoms with Gasteiger partial charge < -0.3 is 9.84 Å². The first-order valence-corrected chi connectivity index (χ1v) is 7.91. The smallest absolute Gasteiger partial charge is 0.328 e. The second kappa shape index (κ2) is 7.55. The molecule has 0 fully saturated rings. The number of carboxylic acids is 1. The number of hydrogen-bond acceptors (Lipinski definition) is 4. The predicted molar refractivity (Wildman–Crippen MR) is 80.4 cm³/mol. The van der Waals surface area contributed by atoms with E-state index < -0.39 is 17.4 Å². The number of carboxylic acid groups (broad SMARTS) is 1. The van der Waals surface area contributed by atoms with Crippen molar-refractivity contribution in [2.24, 2.45) is 0 Å². The molecule has 0 heterocycles. The van der Waals surface area contributed by atoms with Gasteiger partial charge in [-0.05, 0) is 43.0 Å². The maximum atomic E-state index is 12.3. The van der Waals surface area contributed by atoms with Crippen molar-refractivity contribution >= 4 is 35.3 Å². The molecule has 0 aromatic heterocycles. The Bertz CT molecular complexity index is 492. The van der Waals surface area contributed by atoms with E-state index in [4.69, 9.17) is 16.3 Å². The molecule has 0 aliphatic carbocycles. The van der Waals surface area contributed by atoms with Gasteiger partial charge in [-0.15, -0.1) is 0 Å². The summed E-state index contributed by atoms with van der Waals surface area (Å²) >= 11 is 7.40. The third-order valence-corrected chi connectivity index (χ3v) is 3.84. The average molecular weight is 317 g/mol. The van der Waals surface area contributed by atoms with Gasteiger partial charge in [0.1, 0.15) is 0 Å². The maximum Gasteiger partial charge on any atom is 0.328 e. The van der Waals surface area contributed by atoms with Crippen LogP contribution in [-0.2, 0) is 19.7 Å². The van der Waals surface area contributed by atoms with Gasteiger partial charge in [-0.3, -0.25) is 9.59 Å². The minimum Gasteiger partial charge on any atom is -0.480 e. The van der Waals surface area contributed by atoms with Gasteiger partial charge in [0, 0.05) is 5.02 Å². The monoisotopic (exact) mass is 316 g/mol. The average Bonchev–Trinajstić information content (AvgIpc) is 2.39. The van der Waals surface area contributed by atoms with E-state index in [2.05, 4.69) is 0 Å². The summed E-state index contributed by atoms with van der Waals surface area (Å²) in [5, 5.41) is 10.0. The van der Waals surface area contributed by atoms with E-state index >= 15 is 0 Å². The highest BCUT2D eigenvalue weighted by Crippen LogP contribution is 2.33. The van der Waals surface area contributed by atoms with Crippen molar-refractivity contribution in [3.8, 4) is 0 Å². The number of ether oxygens (including phenoxy) is 1. The van der Waals surface area contributed by atoms with Crippen LogP contribution in [0.15, 0.2) is 24.3 Å². The zero-order valence-corrected chi connectivity index (χ0v) is 13.0. The molecule has 0 spiro atoms. The number of carbonyl (C=O) groups excluding carboxylic acids is 1. The van der Waals surface area contributed by atoms with Crippen LogP contribution in [0.25, 0.3) is 0 Å². The van der Waals surface area contributed by atoms with Crippen LogP contribution in [0.2, 0.25) is 5.02 Å². The third-order valence-electron chi connectivity index (χ3n) is 2.99. The fourth-order valence-corrected chi connectivity index (χ4v) is 2.65. The van der Waals surface area contributed by atoms with Gasteiger partial charge in [-0.2, -0.15) is 11.8 Å². The molecule has 0 saturated heterocycles.